The van der Waals surface area contributed by atoms with E-state index >= 15 is 0 Å². The summed E-state index contributed by atoms with van der Waals surface area (Å²) in [5.41, 5.74) is 1.01. The summed E-state index contributed by atoms with van der Waals surface area (Å²) in [6.45, 7) is 2.93. The third kappa shape index (κ3) is 3.99. The zero-order chi connectivity index (χ0) is 13.5. The topological polar surface area (TPSA) is 42.2 Å². The largest absolute Gasteiger partial charge is 0.361 e. The third-order valence-corrected chi connectivity index (χ3v) is 2.71. The molecule has 0 saturated carbocycles. The smallest absolute Gasteiger partial charge is 0.193 e. The highest BCUT2D eigenvalue weighted by molar-refractivity contribution is 7.80. The molecule has 1 N–H and O–H groups in total. The standard InChI is InChI=1S/C14H16N4S/c1-2-9-15-14(19)17-12-8-10-18(16-11-12)13-6-4-3-5-7-13/h3-8,10-11H,2,9H2,1H3,(H,15,19). The van der Waals surface area contributed by atoms with Crippen molar-refractivity contribution < 1.29 is 0 Å². The molecule has 19 heavy (non-hydrogen) atoms. The van der Waals surface area contributed by atoms with Crippen molar-refractivity contribution in [2.24, 2.45) is 4.99 Å². The number of hydrogen-bond donors (Lipinski definition) is 1. The van der Waals surface area contributed by atoms with E-state index in [4.69, 9.17) is 12.2 Å². The fourth-order valence-corrected chi connectivity index (χ4v) is 1.75. The SMILES string of the molecule is CCCNC(=S)N=c1ccn(-c2ccccc2)nc1. The summed E-state index contributed by atoms with van der Waals surface area (Å²) in [4.78, 5) is 4.28. The van der Waals surface area contributed by atoms with Crippen LogP contribution in [-0.4, -0.2) is 21.4 Å². The first-order valence-electron chi connectivity index (χ1n) is 6.22. The lowest BCUT2D eigenvalue weighted by Crippen LogP contribution is -2.23. The van der Waals surface area contributed by atoms with Gasteiger partial charge in [-0.05, 0) is 36.8 Å². The van der Waals surface area contributed by atoms with E-state index in [-0.39, 0.29) is 0 Å². The van der Waals surface area contributed by atoms with Crippen molar-refractivity contribution in [1.82, 2.24) is 15.1 Å². The molecule has 1 heterocycles. The number of aromatic nitrogens is 2. The Morgan fingerprint density at radius 2 is 2.11 bits per heavy atom. The third-order valence-electron chi connectivity index (χ3n) is 2.48. The zero-order valence-corrected chi connectivity index (χ0v) is 11.6. The number of nitrogens with zero attached hydrogens (tertiary/aromatic N) is 3. The van der Waals surface area contributed by atoms with Gasteiger partial charge in [-0.15, -0.1) is 0 Å². The Labute approximate surface area is 117 Å². The maximum atomic E-state index is 5.12. The van der Waals surface area contributed by atoms with Gasteiger partial charge in [0, 0.05) is 12.7 Å². The highest BCUT2D eigenvalue weighted by atomic mass is 32.1. The Morgan fingerprint density at radius 1 is 1.32 bits per heavy atom. The first-order chi connectivity index (χ1) is 9.29. The quantitative estimate of drug-likeness (QED) is 0.870. The van der Waals surface area contributed by atoms with Crippen molar-refractivity contribution in [2.45, 2.75) is 13.3 Å². The van der Waals surface area contributed by atoms with E-state index in [1.807, 2.05) is 42.6 Å². The maximum Gasteiger partial charge on any atom is 0.193 e. The van der Waals surface area contributed by atoms with Crippen LogP contribution >= 0.6 is 12.2 Å². The maximum absolute atomic E-state index is 5.12. The van der Waals surface area contributed by atoms with Crippen molar-refractivity contribution in [2.75, 3.05) is 6.54 Å². The molecule has 0 aliphatic heterocycles. The van der Waals surface area contributed by atoms with Crippen molar-refractivity contribution in [3.63, 3.8) is 0 Å². The summed E-state index contributed by atoms with van der Waals surface area (Å²) in [6, 6.07) is 11.8. The molecule has 0 amide bonds. The molecule has 0 unspecified atom stereocenters. The molecule has 0 saturated heterocycles. The molecule has 0 aliphatic rings. The average molecular weight is 272 g/mol. The highest BCUT2D eigenvalue weighted by Crippen LogP contribution is 2.02. The monoisotopic (exact) mass is 272 g/mol. The van der Waals surface area contributed by atoms with Crippen LogP contribution in [0.25, 0.3) is 5.69 Å². The number of benzene rings is 1. The first kappa shape index (κ1) is 13.4. The molecule has 1 aromatic carbocycles. The minimum Gasteiger partial charge on any atom is -0.361 e. The molecule has 2 rings (SSSR count). The van der Waals surface area contributed by atoms with Gasteiger partial charge in [-0.1, -0.05) is 25.1 Å². The van der Waals surface area contributed by atoms with Gasteiger partial charge in [-0.3, -0.25) is 0 Å². The Bertz CT molecular complexity index is 584. The zero-order valence-electron chi connectivity index (χ0n) is 10.8. The van der Waals surface area contributed by atoms with Gasteiger partial charge < -0.3 is 5.32 Å². The molecule has 2 aromatic rings. The molecule has 0 fully saturated rings. The predicted molar refractivity (Wildman–Crippen MR) is 80.0 cm³/mol. The van der Waals surface area contributed by atoms with E-state index in [1.54, 1.807) is 10.9 Å². The second-order valence-corrected chi connectivity index (χ2v) is 4.40. The van der Waals surface area contributed by atoms with Gasteiger partial charge in [-0.2, -0.15) is 5.10 Å². The molecule has 0 atom stereocenters. The van der Waals surface area contributed by atoms with Gasteiger partial charge in [0.25, 0.3) is 0 Å². The average Bonchev–Trinajstić information content (AvgIpc) is 2.47. The number of rotatable bonds is 3. The van der Waals surface area contributed by atoms with Gasteiger partial charge in [-0.25, -0.2) is 9.67 Å². The summed E-state index contributed by atoms with van der Waals surface area (Å²) in [5.74, 6) is 0. The molecule has 1 aromatic heterocycles. The lowest BCUT2D eigenvalue weighted by Gasteiger charge is -2.04. The molecular formula is C14H16N4S. The van der Waals surface area contributed by atoms with Crippen molar-refractivity contribution in [1.29, 1.82) is 0 Å². The van der Waals surface area contributed by atoms with Crippen LogP contribution in [0.3, 0.4) is 0 Å². The van der Waals surface area contributed by atoms with E-state index in [0.29, 0.717) is 5.11 Å². The summed E-state index contributed by atoms with van der Waals surface area (Å²) in [7, 11) is 0. The normalized spacial score (nSPS) is 11.3. The van der Waals surface area contributed by atoms with Crippen molar-refractivity contribution in [3.8, 4) is 5.69 Å². The van der Waals surface area contributed by atoms with Crippen LogP contribution in [0, 0.1) is 0 Å². The van der Waals surface area contributed by atoms with Gasteiger partial charge in [0.1, 0.15) is 0 Å². The Kier molecular flexibility index (Phi) is 4.80. The van der Waals surface area contributed by atoms with E-state index in [0.717, 1.165) is 24.0 Å². The minimum atomic E-state index is 0.501. The fraction of sp³-hybridized carbons (Fsp3) is 0.214. The number of thiocarbonyl (C=S) groups is 1. The number of para-hydroxylation sites is 1. The molecular weight excluding hydrogens is 256 g/mol. The van der Waals surface area contributed by atoms with Gasteiger partial charge in [0.05, 0.1) is 17.2 Å². The summed E-state index contributed by atoms with van der Waals surface area (Å²) in [6.07, 6.45) is 4.60. The second-order valence-electron chi connectivity index (χ2n) is 4.01. The Balaban J connectivity index is 2.15. The van der Waals surface area contributed by atoms with E-state index in [1.165, 1.54) is 0 Å². The number of nitrogens with one attached hydrogen (secondary N) is 1. The van der Waals surface area contributed by atoms with Crippen molar-refractivity contribution in [3.05, 3.63) is 54.1 Å². The van der Waals surface area contributed by atoms with Gasteiger partial charge in [0.2, 0.25) is 0 Å². The molecule has 4 nitrogen and oxygen atoms in total. The summed E-state index contributed by atoms with van der Waals surface area (Å²) >= 11 is 5.12. The molecule has 5 heteroatoms. The van der Waals surface area contributed by atoms with Gasteiger partial charge in [0.15, 0.2) is 5.11 Å². The fourth-order valence-electron chi connectivity index (χ4n) is 1.54. The Morgan fingerprint density at radius 3 is 2.74 bits per heavy atom. The second kappa shape index (κ2) is 6.80. The van der Waals surface area contributed by atoms with Crippen LogP contribution in [0.15, 0.2) is 53.8 Å². The number of hydrogen-bond acceptors (Lipinski definition) is 2. The Hall–Kier alpha value is -2.01. The highest BCUT2D eigenvalue weighted by Gasteiger charge is 1.94. The van der Waals surface area contributed by atoms with Crippen LogP contribution in [0.5, 0.6) is 0 Å². The van der Waals surface area contributed by atoms with Crippen LogP contribution in [-0.2, 0) is 0 Å². The molecule has 0 aliphatic carbocycles. The molecule has 98 valence electrons. The molecule has 0 radical (unpaired) electrons. The van der Waals surface area contributed by atoms with Crippen LogP contribution in [0.2, 0.25) is 0 Å². The van der Waals surface area contributed by atoms with Crippen molar-refractivity contribution >= 4 is 17.3 Å². The van der Waals surface area contributed by atoms with Crippen LogP contribution in [0.1, 0.15) is 13.3 Å². The van der Waals surface area contributed by atoms with E-state index in [9.17, 15) is 0 Å². The lowest BCUT2D eigenvalue weighted by molar-refractivity contribution is 0.826. The molecule has 0 bridgehead atoms. The van der Waals surface area contributed by atoms with Crippen LogP contribution < -0.4 is 10.7 Å². The minimum absolute atomic E-state index is 0.501. The first-order valence-corrected chi connectivity index (χ1v) is 6.63. The van der Waals surface area contributed by atoms with E-state index < -0.39 is 0 Å². The van der Waals surface area contributed by atoms with E-state index in [2.05, 4.69) is 22.3 Å². The summed E-state index contributed by atoms with van der Waals surface area (Å²) < 4.78 is 1.79. The lowest BCUT2D eigenvalue weighted by atomic mass is 10.3. The molecule has 0 spiro atoms. The van der Waals surface area contributed by atoms with Crippen LogP contribution in [0.4, 0.5) is 0 Å². The predicted octanol–water partition coefficient (Wildman–Crippen LogP) is 2.06. The summed E-state index contributed by atoms with van der Waals surface area (Å²) in [5, 5.41) is 8.63. The van der Waals surface area contributed by atoms with Gasteiger partial charge >= 0.3 is 0 Å².